The molecule has 1 unspecified atom stereocenters. The lowest BCUT2D eigenvalue weighted by Gasteiger charge is -2.42. The molecule has 0 bridgehead atoms. The first kappa shape index (κ1) is 26.3. The lowest BCUT2D eigenvalue weighted by molar-refractivity contribution is -0.258. The van der Waals surface area contributed by atoms with E-state index < -0.39 is 21.8 Å². The molecule has 2 fully saturated rings. The number of aliphatic hydroxyl groups is 1. The molecule has 1 aromatic rings. The van der Waals surface area contributed by atoms with E-state index in [-0.39, 0.29) is 29.6 Å². The number of piperazine rings is 1. The minimum atomic E-state index is -4.80. The Labute approximate surface area is 209 Å². The maximum Gasteiger partial charge on any atom is 0.421 e. The number of allylic oxidation sites excluding steroid dienone is 4. The van der Waals surface area contributed by atoms with Crippen LogP contribution in [-0.4, -0.2) is 67.6 Å². The minimum Gasteiger partial charge on any atom is -0.376 e. The highest BCUT2D eigenvalue weighted by atomic mass is 32.2. The van der Waals surface area contributed by atoms with Crippen molar-refractivity contribution < 1.29 is 26.7 Å². The van der Waals surface area contributed by atoms with Gasteiger partial charge in [0.25, 0.3) is 0 Å². The summed E-state index contributed by atoms with van der Waals surface area (Å²) in [6.45, 7) is 2.95. The Hall–Kier alpha value is -1.79. The molecule has 1 heterocycles. The highest BCUT2D eigenvalue weighted by molar-refractivity contribution is 7.96. The van der Waals surface area contributed by atoms with Crippen molar-refractivity contribution in [2.45, 2.75) is 44.0 Å². The Morgan fingerprint density at radius 2 is 1.83 bits per heavy atom. The van der Waals surface area contributed by atoms with Crippen molar-refractivity contribution in [2.75, 3.05) is 37.6 Å². The number of anilines is 1. The zero-order chi connectivity index (χ0) is 25.4. The molecule has 1 saturated heterocycles. The second kappa shape index (κ2) is 9.93. The van der Waals surface area contributed by atoms with Gasteiger partial charge in [-0.2, -0.15) is 17.5 Å². The average molecular weight is 530 g/mol. The van der Waals surface area contributed by atoms with Crippen LogP contribution in [0.15, 0.2) is 47.4 Å². The number of rotatable bonds is 8. The molecular formula is C24H30F3N3O3S2. The third-order valence-electron chi connectivity index (χ3n) is 6.85. The van der Waals surface area contributed by atoms with Crippen LogP contribution in [0, 0.1) is 5.92 Å². The summed E-state index contributed by atoms with van der Waals surface area (Å²) in [7, 11) is -3.75. The van der Waals surface area contributed by atoms with Gasteiger partial charge in [0.2, 0.25) is 10.0 Å². The first-order chi connectivity index (χ1) is 16.4. The second-order valence-electron chi connectivity index (χ2n) is 9.52. The minimum absolute atomic E-state index is 0.159. The number of nitrogens with zero attached hydrogens (tertiary/aromatic N) is 2. The molecule has 6 nitrogen and oxygen atoms in total. The van der Waals surface area contributed by atoms with Gasteiger partial charge in [0.05, 0.1) is 10.9 Å². The van der Waals surface area contributed by atoms with Gasteiger partial charge in [0.1, 0.15) is 0 Å². The van der Waals surface area contributed by atoms with Crippen LogP contribution < -0.4 is 10.2 Å². The normalized spacial score (nSPS) is 23.8. The Kier molecular flexibility index (Phi) is 7.46. The number of nitrogens with one attached hydrogen (secondary N) is 1. The summed E-state index contributed by atoms with van der Waals surface area (Å²) in [6.07, 6.45) is 3.05. The first-order valence-corrected chi connectivity index (χ1v) is 13.5. The summed E-state index contributed by atoms with van der Waals surface area (Å²) >= 11 is 5.30. The zero-order valence-electron chi connectivity index (χ0n) is 19.5. The Morgan fingerprint density at radius 3 is 2.43 bits per heavy atom. The largest absolute Gasteiger partial charge is 0.421 e. The van der Waals surface area contributed by atoms with Crippen LogP contribution in [0.5, 0.6) is 0 Å². The highest BCUT2D eigenvalue weighted by Gasteiger charge is 2.51. The van der Waals surface area contributed by atoms with Gasteiger partial charge in [-0.15, -0.1) is 0 Å². The van der Waals surface area contributed by atoms with Crippen LogP contribution in [-0.2, 0) is 15.6 Å². The average Bonchev–Trinajstić information content (AvgIpc) is 3.63. The number of benzene rings is 1. The molecule has 0 amide bonds. The monoisotopic (exact) mass is 529 g/mol. The number of alkyl halides is 3. The molecule has 2 atom stereocenters. The van der Waals surface area contributed by atoms with E-state index in [2.05, 4.69) is 5.32 Å². The van der Waals surface area contributed by atoms with Crippen molar-refractivity contribution in [1.82, 2.24) is 9.62 Å². The molecule has 2 aliphatic carbocycles. The summed E-state index contributed by atoms with van der Waals surface area (Å²) in [5, 5.41) is 13.4. The molecule has 0 spiro atoms. The smallest absolute Gasteiger partial charge is 0.376 e. The molecule has 4 rings (SSSR count). The molecule has 35 heavy (non-hydrogen) atoms. The van der Waals surface area contributed by atoms with E-state index in [9.17, 15) is 26.7 Å². The van der Waals surface area contributed by atoms with Crippen molar-refractivity contribution in [2.24, 2.45) is 5.92 Å². The third kappa shape index (κ3) is 5.64. The zero-order valence-corrected chi connectivity index (χ0v) is 21.1. The number of halogens is 3. The van der Waals surface area contributed by atoms with Crippen LogP contribution in [0.4, 0.5) is 18.9 Å². The summed E-state index contributed by atoms with van der Waals surface area (Å²) in [5.74, 6) is 0.646. The molecule has 192 valence electrons. The number of hydrogen-bond acceptors (Lipinski definition) is 6. The quantitative estimate of drug-likeness (QED) is 0.503. The van der Waals surface area contributed by atoms with Gasteiger partial charge in [0, 0.05) is 43.2 Å². The maximum atomic E-state index is 13.3. The van der Waals surface area contributed by atoms with Crippen LogP contribution in [0.25, 0.3) is 0 Å². The fourth-order valence-corrected chi connectivity index (χ4v) is 6.44. The molecule has 1 aromatic carbocycles. The number of thiocarbonyl (C=S) groups is 1. The van der Waals surface area contributed by atoms with Crippen molar-refractivity contribution >= 4 is 32.8 Å². The van der Waals surface area contributed by atoms with Gasteiger partial charge in [-0.25, -0.2) is 8.42 Å². The van der Waals surface area contributed by atoms with Gasteiger partial charge >= 0.3 is 6.18 Å². The molecule has 3 aliphatic rings. The molecule has 0 radical (unpaired) electrons. The van der Waals surface area contributed by atoms with E-state index in [4.69, 9.17) is 12.2 Å². The second-order valence-corrected chi connectivity index (χ2v) is 11.9. The van der Waals surface area contributed by atoms with Crippen molar-refractivity contribution in [3.05, 3.63) is 53.0 Å². The summed E-state index contributed by atoms with van der Waals surface area (Å²) in [5.41, 5.74) is -2.52. The Bertz CT molecular complexity index is 1110. The SMILES string of the molecule is CC(O)(c1ccc(N2CCN(S(=O)(=O)C3=CC=CCC3=S)C[C@@H]2CNCC2CC2)cc1)C(F)(F)F. The fraction of sp³-hybridized carbons (Fsp3) is 0.542. The predicted molar refractivity (Wildman–Crippen MR) is 134 cm³/mol. The predicted octanol–water partition coefficient (Wildman–Crippen LogP) is 3.49. The van der Waals surface area contributed by atoms with Crippen LogP contribution in [0.3, 0.4) is 0 Å². The standard InChI is InChI=1S/C24H30F3N3O3S2/c1-23(31,24(25,26)27)18-8-10-19(11-9-18)30-13-12-29(16-20(30)15-28-14-17-6-7-17)35(32,33)22-5-3-2-4-21(22)34/h2-3,5,8-11,17,20,28,31H,4,6-7,12-16H2,1H3/t20-,23?/m0/s1. The molecule has 1 saturated carbocycles. The van der Waals surface area contributed by atoms with Crippen molar-refractivity contribution in [3.63, 3.8) is 0 Å². The van der Waals surface area contributed by atoms with E-state index in [1.54, 1.807) is 24.3 Å². The van der Waals surface area contributed by atoms with Crippen LogP contribution in [0.2, 0.25) is 0 Å². The molecule has 11 heteroatoms. The Morgan fingerprint density at radius 1 is 1.14 bits per heavy atom. The van der Waals surface area contributed by atoms with E-state index in [1.807, 2.05) is 11.0 Å². The van der Waals surface area contributed by atoms with Gasteiger partial charge in [-0.05, 0) is 56.0 Å². The maximum absolute atomic E-state index is 13.3. The fourth-order valence-electron chi connectivity index (χ4n) is 4.37. The number of sulfonamides is 1. The van der Waals surface area contributed by atoms with Gasteiger partial charge < -0.3 is 15.3 Å². The van der Waals surface area contributed by atoms with Crippen LogP contribution >= 0.6 is 12.2 Å². The molecule has 0 aromatic heterocycles. The van der Waals surface area contributed by atoms with Crippen molar-refractivity contribution in [1.29, 1.82) is 0 Å². The van der Waals surface area contributed by atoms with Crippen molar-refractivity contribution in [3.8, 4) is 0 Å². The van der Waals surface area contributed by atoms with E-state index in [1.165, 1.54) is 29.3 Å². The lowest BCUT2D eigenvalue weighted by atomic mass is 9.95. The van der Waals surface area contributed by atoms with Gasteiger partial charge in [-0.1, -0.05) is 36.5 Å². The van der Waals surface area contributed by atoms with E-state index in [0.29, 0.717) is 36.0 Å². The lowest BCUT2D eigenvalue weighted by Crippen LogP contribution is -2.58. The molecular weight excluding hydrogens is 499 g/mol. The van der Waals surface area contributed by atoms with Crippen LogP contribution in [0.1, 0.15) is 31.7 Å². The highest BCUT2D eigenvalue weighted by Crippen LogP contribution is 2.39. The number of hydrogen-bond donors (Lipinski definition) is 2. The summed E-state index contributed by atoms with van der Waals surface area (Å²) < 4.78 is 67.8. The topological polar surface area (TPSA) is 72.9 Å². The van der Waals surface area contributed by atoms with E-state index in [0.717, 1.165) is 13.5 Å². The summed E-state index contributed by atoms with van der Waals surface area (Å²) in [6, 6.07) is 5.43. The van der Waals surface area contributed by atoms with Gasteiger partial charge in [-0.3, -0.25) is 0 Å². The van der Waals surface area contributed by atoms with E-state index >= 15 is 0 Å². The Balaban J connectivity index is 1.54. The molecule has 1 aliphatic heterocycles. The molecule has 2 N–H and O–H groups in total. The summed E-state index contributed by atoms with van der Waals surface area (Å²) in [4.78, 5) is 2.57. The first-order valence-electron chi connectivity index (χ1n) is 11.7. The van der Waals surface area contributed by atoms with Gasteiger partial charge in [0.15, 0.2) is 5.60 Å². The third-order valence-corrected chi connectivity index (χ3v) is 9.31.